The maximum absolute atomic E-state index is 12.5. The average Bonchev–Trinajstić information content (AvgIpc) is 2.48. The van der Waals surface area contributed by atoms with E-state index in [1.807, 2.05) is 6.07 Å². The Hall–Kier alpha value is -1.49. The van der Waals surface area contributed by atoms with Gasteiger partial charge >= 0.3 is 0 Å². The van der Waals surface area contributed by atoms with Crippen LogP contribution in [-0.4, -0.2) is 43.9 Å². The zero-order valence-corrected chi connectivity index (χ0v) is 12.2. The van der Waals surface area contributed by atoms with Gasteiger partial charge in [0.15, 0.2) is 5.69 Å². The molecule has 1 saturated heterocycles. The lowest BCUT2D eigenvalue weighted by molar-refractivity contribution is 0.337. The first-order valence-electron chi connectivity index (χ1n) is 6.60. The van der Waals surface area contributed by atoms with Crippen LogP contribution < -0.4 is 5.32 Å². The highest BCUT2D eigenvalue weighted by Crippen LogP contribution is 2.18. The smallest absolute Gasteiger partial charge is 0.245 e. The number of hydrogen-bond donors (Lipinski definition) is 1. The number of likely N-dealkylation sites (N-methyl/N-ethyl adjacent to an activating group) is 1. The van der Waals surface area contributed by atoms with Gasteiger partial charge in [0.1, 0.15) is 11.0 Å². The zero-order chi connectivity index (χ0) is 14.6. The number of pyridine rings is 1. The Bertz CT molecular complexity index is 603. The summed E-state index contributed by atoms with van der Waals surface area (Å²) in [4.78, 5) is 3.78. The van der Waals surface area contributed by atoms with Crippen molar-refractivity contribution in [3.63, 3.8) is 0 Å². The highest BCUT2D eigenvalue weighted by molar-refractivity contribution is 7.89. The van der Waals surface area contributed by atoms with Crippen LogP contribution in [0.15, 0.2) is 23.2 Å². The van der Waals surface area contributed by atoms with Crippen LogP contribution in [0.2, 0.25) is 0 Å². The molecule has 1 aromatic heterocycles. The molecular weight excluding hydrogens is 276 g/mol. The number of rotatable bonds is 4. The largest absolute Gasteiger partial charge is 0.313 e. The molecule has 0 saturated carbocycles. The molecule has 0 aromatic carbocycles. The van der Waals surface area contributed by atoms with Crippen molar-refractivity contribution in [2.24, 2.45) is 0 Å². The van der Waals surface area contributed by atoms with Gasteiger partial charge in [-0.3, -0.25) is 0 Å². The Labute approximate surface area is 119 Å². The topological polar surface area (TPSA) is 86.1 Å². The van der Waals surface area contributed by atoms with Crippen molar-refractivity contribution < 1.29 is 8.42 Å². The summed E-state index contributed by atoms with van der Waals surface area (Å²) in [5.74, 6) is 0. The van der Waals surface area contributed by atoms with Crippen LogP contribution in [0.3, 0.4) is 0 Å². The Morgan fingerprint density at radius 2 is 2.35 bits per heavy atom. The van der Waals surface area contributed by atoms with Gasteiger partial charge in [-0.1, -0.05) is 6.42 Å². The van der Waals surface area contributed by atoms with Gasteiger partial charge in [0.25, 0.3) is 0 Å². The van der Waals surface area contributed by atoms with Crippen LogP contribution in [-0.2, 0) is 10.0 Å². The predicted octanol–water partition coefficient (Wildman–Crippen LogP) is 0.716. The molecular formula is C13H18N4O2S. The quantitative estimate of drug-likeness (QED) is 0.884. The van der Waals surface area contributed by atoms with E-state index in [0.717, 1.165) is 25.8 Å². The molecule has 0 aliphatic carbocycles. The summed E-state index contributed by atoms with van der Waals surface area (Å²) >= 11 is 0. The van der Waals surface area contributed by atoms with E-state index in [-0.39, 0.29) is 16.6 Å². The van der Waals surface area contributed by atoms with Crippen LogP contribution in [0.1, 0.15) is 25.0 Å². The van der Waals surface area contributed by atoms with Gasteiger partial charge in [-0.25, -0.2) is 13.4 Å². The van der Waals surface area contributed by atoms with Crippen molar-refractivity contribution in [2.45, 2.75) is 30.2 Å². The molecule has 1 aliphatic heterocycles. The van der Waals surface area contributed by atoms with Gasteiger partial charge < -0.3 is 5.32 Å². The lowest BCUT2D eigenvalue weighted by atomic mass is 10.1. The minimum absolute atomic E-state index is 0.0270. The Balaban J connectivity index is 2.19. The van der Waals surface area contributed by atoms with E-state index in [1.165, 1.54) is 22.6 Å². The second kappa shape index (κ2) is 6.31. The summed E-state index contributed by atoms with van der Waals surface area (Å²) in [5.41, 5.74) is -0.0593. The van der Waals surface area contributed by atoms with Gasteiger partial charge in [-0.2, -0.15) is 9.57 Å². The van der Waals surface area contributed by atoms with Crippen molar-refractivity contribution >= 4 is 10.0 Å². The molecule has 1 N–H and O–H groups in total. The summed E-state index contributed by atoms with van der Waals surface area (Å²) in [6.07, 6.45) is 4.63. The molecule has 7 heteroatoms. The number of nitrogens with one attached hydrogen (secondary N) is 1. The molecule has 1 atom stereocenters. The summed E-state index contributed by atoms with van der Waals surface area (Å²) < 4.78 is 26.3. The van der Waals surface area contributed by atoms with Gasteiger partial charge in [-0.15, -0.1) is 0 Å². The minimum atomic E-state index is -3.67. The number of nitriles is 1. The number of aromatic nitrogens is 1. The molecule has 6 nitrogen and oxygen atoms in total. The summed E-state index contributed by atoms with van der Waals surface area (Å²) in [6.45, 7) is 1.33. The molecule has 0 bridgehead atoms. The van der Waals surface area contributed by atoms with Gasteiger partial charge in [-0.05, 0) is 31.5 Å². The van der Waals surface area contributed by atoms with Crippen LogP contribution >= 0.6 is 0 Å². The number of sulfonamides is 1. The molecule has 2 rings (SSSR count). The average molecular weight is 294 g/mol. The lowest BCUT2D eigenvalue weighted by Gasteiger charge is -2.27. The first-order chi connectivity index (χ1) is 9.55. The molecule has 0 spiro atoms. The SMILES string of the molecule is CN(CC1CCCCN1)S(=O)(=O)c1cccnc1C#N. The van der Waals surface area contributed by atoms with Crippen LogP contribution in [0, 0.1) is 11.3 Å². The standard InChI is InChI=1S/C13H18N4O2S/c1-17(10-11-5-2-3-7-15-11)20(18,19)13-6-4-8-16-12(13)9-14/h4,6,8,11,15H,2-3,5,7,10H2,1H3. The molecule has 108 valence electrons. The predicted molar refractivity (Wildman–Crippen MR) is 74.4 cm³/mol. The van der Waals surface area contributed by atoms with Crippen LogP contribution in [0.25, 0.3) is 0 Å². The highest BCUT2D eigenvalue weighted by atomic mass is 32.2. The molecule has 1 aromatic rings. The van der Waals surface area contributed by atoms with Crippen molar-refractivity contribution in [3.05, 3.63) is 24.0 Å². The van der Waals surface area contributed by atoms with Gasteiger partial charge in [0.05, 0.1) is 0 Å². The third kappa shape index (κ3) is 3.15. The fraction of sp³-hybridized carbons (Fsp3) is 0.538. The van der Waals surface area contributed by atoms with E-state index in [1.54, 1.807) is 7.05 Å². The van der Waals surface area contributed by atoms with E-state index in [9.17, 15) is 8.42 Å². The summed E-state index contributed by atoms with van der Waals surface area (Å²) in [5, 5.41) is 12.3. The molecule has 2 heterocycles. The molecule has 0 radical (unpaired) electrons. The van der Waals surface area contributed by atoms with E-state index in [4.69, 9.17) is 5.26 Å². The number of hydrogen-bond acceptors (Lipinski definition) is 5. The molecule has 0 amide bonds. The first-order valence-corrected chi connectivity index (χ1v) is 8.04. The zero-order valence-electron chi connectivity index (χ0n) is 11.4. The normalized spacial score (nSPS) is 19.8. The van der Waals surface area contributed by atoms with Gasteiger partial charge in [0, 0.05) is 25.8 Å². The van der Waals surface area contributed by atoms with E-state index in [2.05, 4.69) is 10.3 Å². The Morgan fingerprint density at radius 3 is 3.00 bits per heavy atom. The van der Waals surface area contributed by atoms with E-state index < -0.39 is 10.0 Å². The Morgan fingerprint density at radius 1 is 1.55 bits per heavy atom. The molecule has 20 heavy (non-hydrogen) atoms. The maximum Gasteiger partial charge on any atom is 0.245 e. The molecule has 1 fully saturated rings. The highest BCUT2D eigenvalue weighted by Gasteiger charge is 2.27. The fourth-order valence-electron chi connectivity index (χ4n) is 2.34. The van der Waals surface area contributed by atoms with Gasteiger partial charge in [0.2, 0.25) is 10.0 Å². The van der Waals surface area contributed by atoms with Crippen molar-refractivity contribution in [1.82, 2.24) is 14.6 Å². The van der Waals surface area contributed by atoms with Crippen LogP contribution in [0.4, 0.5) is 0 Å². The minimum Gasteiger partial charge on any atom is -0.313 e. The fourth-order valence-corrected chi connectivity index (χ4v) is 3.64. The van der Waals surface area contributed by atoms with Crippen molar-refractivity contribution in [1.29, 1.82) is 5.26 Å². The molecule has 1 aliphatic rings. The lowest BCUT2D eigenvalue weighted by Crippen LogP contribution is -2.44. The van der Waals surface area contributed by atoms with E-state index >= 15 is 0 Å². The third-order valence-corrected chi connectivity index (χ3v) is 5.31. The first kappa shape index (κ1) is 14.9. The summed E-state index contributed by atoms with van der Waals surface area (Å²) in [6, 6.07) is 4.95. The summed E-state index contributed by atoms with van der Waals surface area (Å²) in [7, 11) is -2.13. The van der Waals surface area contributed by atoms with E-state index in [0.29, 0.717) is 6.54 Å². The van der Waals surface area contributed by atoms with Crippen molar-refractivity contribution in [2.75, 3.05) is 20.1 Å². The second-order valence-electron chi connectivity index (χ2n) is 4.89. The molecule has 1 unspecified atom stereocenters. The number of nitrogens with zero attached hydrogens (tertiary/aromatic N) is 3. The van der Waals surface area contributed by atoms with Crippen LogP contribution in [0.5, 0.6) is 0 Å². The Kier molecular flexibility index (Phi) is 4.70. The van der Waals surface area contributed by atoms with Crippen molar-refractivity contribution in [3.8, 4) is 6.07 Å². The third-order valence-electron chi connectivity index (χ3n) is 3.45. The monoisotopic (exact) mass is 294 g/mol. The number of piperidine rings is 1. The second-order valence-corrected chi connectivity index (χ2v) is 6.91. The maximum atomic E-state index is 12.5.